The lowest BCUT2D eigenvalue weighted by Gasteiger charge is -2.42. The maximum Gasteiger partial charge on any atom is 0.238 e. The number of hydrogen-bond donors (Lipinski definition) is 0. The third-order valence-corrected chi connectivity index (χ3v) is 3.65. The van der Waals surface area contributed by atoms with Gasteiger partial charge < -0.3 is 9.80 Å². The van der Waals surface area contributed by atoms with Gasteiger partial charge in [-0.15, -0.1) is 0 Å². The molecule has 3 rings (SSSR count). The average molecular weight is 270 g/mol. The van der Waals surface area contributed by atoms with Gasteiger partial charge in [-0.25, -0.2) is 0 Å². The van der Waals surface area contributed by atoms with E-state index in [-0.39, 0.29) is 12.1 Å². The Labute approximate surface area is 118 Å². The van der Waals surface area contributed by atoms with Crippen molar-refractivity contribution in [3.05, 3.63) is 49.0 Å². The summed E-state index contributed by atoms with van der Waals surface area (Å²) in [7, 11) is 1.98. The molecule has 0 saturated carbocycles. The van der Waals surface area contributed by atoms with Crippen molar-refractivity contribution in [2.24, 2.45) is 0 Å². The number of likely N-dealkylation sites (N-methyl/N-ethyl adjacent to an activating group) is 1. The Kier molecular flexibility index (Phi) is 3.52. The zero-order valence-electron chi connectivity index (χ0n) is 11.5. The molecule has 0 spiro atoms. The molecule has 2 aliphatic rings. The third kappa shape index (κ3) is 2.44. The molecule has 5 nitrogen and oxygen atoms in total. The van der Waals surface area contributed by atoms with E-state index in [0.717, 1.165) is 18.8 Å². The second-order valence-electron chi connectivity index (χ2n) is 5.08. The molecule has 5 heteroatoms. The van der Waals surface area contributed by atoms with Crippen LogP contribution in [-0.2, 0) is 4.79 Å². The quantitative estimate of drug-likeness (QED) is 0.806. The smallest absolute Gasteiger partial charge is 0.238 e. The Morgan fingerprint density at radius 2 is 2.00 bits per heavy atom. The van der Waals surface area contributed by atoms with Gasteiger partial charge in [0, 0.05) is 37.4 Å². The molecule has 0 N–H and O–H groups in total. The van der Waals surface area contributed by atoms with E-state index in [9.17, 15) is 4.79 Å². The van der Waals surface area contributed by atoms with Crippen molar-refractivity contribution in [1.29, 1.82) is 0 Å². The highest BCUT2D eigenvalue weighted by molar-refractivity contribution is 5.80. The van der Waals surface area contributed by atoms with Gasteiger partial charge >= 0.3 is 0 Å². The summed E-state index contributed by atoms with van der Waals surface area (Å²) in [4.78, 5) is 22.4. The summed E-state index contributed by atoms with van der Waals surface area (Å²) in [6.45, 7) is 2.14. The monoisotopic (exact) mass is 270 g/mol. The first-order chi connectivity index (χ1) is 9.75. The van der Waals surface area contributed by atoms with Crippen molar-refractivity contribution in [3.8, 4) is 0 Å². The van der Waals surface area contributed by atoms with E-state index in [4.69, 9.17) is 0 Å². The molecule has 20 heavy (non-hydrogen) atoms. The second-order valence-corrected chi connectivity index (χ2v) is 5.08. The van der Waals surface area contributed by atoms with E-state index in [1.54, 1.807) is 12.4 Å². The first kappa shape index (κ1) is 12.9. The van der Waals surface area contributed by atoms with Gasteiger partial charge in [-0.3, -0.25) is 14.7 Å². The van der Waals surface area contributed by atoms with Crippen molar-refractivity contribution in [2.75, 3.05) is 31.6 Å². The number of nitrogens with zero attached hydrogens (tertiary/aromatic N) is 4. The number of rotatable bonds is 2. The van der Waals surface area contributed by atoms with E-state index in [2.05, 4.69) is 20.9 Å². The van der Waals surface area contributed by atoms with Crippen LogP contribution in [-0.4, -0.2) is 53.5 Å². The molecule has 2 aliphatic heterocycles. The van der Waals surface area contributed by atoms with Crippen molar-refractivity contribution in [3.63, 3.8) is 0 Å². The van der Waals surface area contributed by atoms with Crippen LogP contribution in [0, 0.1) is 0 Å². The van der Waals surface area contributed by atoms with Crippen LogP contribution in [0.25, 0.3) is 0 Å². The fraction of sp³-hybridized carbons (Fsp3) is 0.333. The van der Waals surface area contributed by atoms with Gasteiger partial charge in [-0.2, -0.15) is 0 Å². The van der Waals surface area contributed by atoms with E-state index >= 15 is 0 Å². The predicted molar refractivity (Wildman–Crippen MR) is 78.0 cm³/mol. The van der Waals surface area contributed by atoms with Crippen molar-refractivity contribution in [2.45, 2.75) is 6.17 Å². The largest absolute Gasteiger partial charge is 0.323 e. The molecule has 1 aromatic rings. The van der Waals surface area contributed by atoms with E-state index in [1.807, 2.05) is 42.4 Å². The molecule has 0 aromatic carbocycles. The number of amides is 1. The first-order valence-electron chi connectivity index (χ1n) is 6.77. The molecule has 1 amide bonds. The molecular formula is C15H18N4O. The molecule has 0 bridgehead atoms. The highest BCUT2D eigenvalue weighted by Crippen LogP contribution is 2.23. The Balaban J connectivity index is 1.85. The number of pyridine rings is 1. The van der Waals surface area contributed by atoms with Gasteiger partial charge in [0.2, 0.25) is 5.91 Å². The van der Waals surface area contributed by atoms with Crippen molar-refractivity contribution in [1.82, 2.24) is 14.8 Å². The summed E-state index contributed by atoms with van der Waals surface area (Å²) >= 11 is 0. The molecule has 1 fully saturated rings. The molecular weight excluding hydrogens is 252 g/mol. The average Bonchev–Trinajstić information content (AvgIpc) is 2.48. The summed E-state index contributed by atoms with van der Waals surface area (Å²) < 4.78 is 0. The first-order valence-corrected chi connectivity index (χ1v) is 6.77. The fourth-order valence-electron chi connectivity index (χ4n) is 2.58. The highest BCUT2D eigenvalue weighted by Gasteiger charge is 2.30. The molecule has 1 unspecified atom stereocenters. The summed E-state index contributed by atoms with van der Waals surface area (Å²) in [5, 5.41) is 0. The third-order valence-electron chi connectivity index (χ3n) is 3.65. The number of aromatic nitrogens is 1. The molecule has 104 valence electrons. The van der Waals surface area contributed by atoms with Gasteiger partial charge in [0.15, 0.2) is 0 Å². The molecule has 0 radical (unpaired) electrons. The number of allylic oxidation sites excluding steroid dienone is 2. The maximum absolute atomic E-state index is 12.3. The Hall–Kier alpha value is -2.14. The summed E-state index contributed by atoms with van der Waals surface area (Å²) in [6.07, 6.45) is 11.5. The lowest BCUT2D eigenvalue weighted by atomic mass is 10.2. The van der Waals surface area contributed by atoms with Crippen LogP contribution in [0.1, 0.15) is 0 Å². The Morgan fingerprint density at radius 3 is 2.75 bits per heavy atom. The zero-order valence-corrected chi connectivity index (χ0v) is 11.5. The lowest BCUT2D eigenvalue weighted by Crippen LogP contribution is -2.57. The number of carbonyl (C=O) groups is 1. The Bertz CT molecular complexity index is 540. The summed E-state index contributed by atoms with van der Waals surface area (Å²) in [5.41, 5.74) is 1.04. The van der Waals surface area contributed by atoms with Crippen molar-refractivity contribution < 1.29 is 4.79 Å². The standard InChI is InChI=1S/C15H18N4O/c1-17-10-11-19(15(20)12-17)14-4-2-3-9-18(14)13-5-7-16-8-6-13/h2-9,14H,10-12H2,1H3. The highest BCUT2D eigenvalue weighted by atomic mass is 16.2. The van der Waals surface area contributed by atoms with Crippen LogP contribution in [0.5, 0.6) is 0 Å². The number of piperazine rings is 1. The van der Waals surface area contributed by atoms with Crippen LogP contribution in [0.4, 0.5) is 5.69 Å². The molecule has 1 aromatic heterocycles. The molecule has 0 aliphatic carbocycles. The predicted octanol–water partition coefficient (Wildman–Crippen LogP) is 1.07. The molecule has 3 heterocycles. The van der Waals surface area contributed by atoms with E-state index < -0.39 is 0 Å². The summed E-state index contributed by atoms with van der Waals surface area (Å²) in [5.74, 6) is 0.169. The van der Waals surface area contributed by atoms with Crippen LogP contribution in [0.15, 0.2) is 49.0 Å². The minimum Gasteiger partial charge on any atom is -0.323 e. The summed E-state index contributed by atoms with van der Waals surface area (Å²) in [6, 6.07) is 3.91. The second kappa shape index (κ2) is 5.46. The minimum atomic E-state index is -0.0522. The molecule has 1 saturated heterocycles. The van der Waals surface area contributed by atoms with Gasteiger partial charge in [-0.05, 0) is 31.3 Å². The number of hydrogen-bond acceptors (Lipinski definition) is 4. The van der Waals surface area contributed by atoms with E-state index in [1.165, 1.54) is 0 Å². The molecule has 1 atom stereocenters. The van der Waals surface area contributed by atoms with Gasteiger partial charge in [0.1, 0.15) is 6.17 Å². The SMILES string of the molecule is CN1CCN(C2C=CC=CN2c2ccncc2)C(=O)C1. The van der Waals surface area contributed by atoms with Crippen molar-refractivity contribution >= 4 is 11.6 Å². The minimum absolute atomic E-state index is 0.0522. The lowest BCUT2D eigenvalue weighted by molar-refractivity contribution is -0.136. The number of carbonyl (C=O) groups excluding carboxylic acids is 1. The van der Waals surface area contributed by atoms with Gasteiger partial charge in [-0.1, -0.05) is 6.08 Å². The van der Waals surface area contributed by atoms with E-state index in [0.29, 0.717) is 6.54 Å². The fourth-order valence-corrected chi connectivity index (χ4v) is 2.58. The van der Waals surface area contributed by atoms with Crippen LogP contribution >= 0.6 is 0 Å². The van der Waals surface area contributed by atoms with Crippen LogP contribution in [0.3, 0.4) is 0 Å². The van der Waals surface area contributed by atoms with Crippen LogP contribution in [0.2, 0.25) is 0 Å². The van der Waals surface area contributed by atoms with Gasteiger partial charge in [0.25, 0.3) is 0 Å². The number of anilines is 1. The Morgan fingerprint density at radius 1 is 1.20 bits per heavy atom. The topological polar surface area (TPSA) is 39.7 Å². The zero-order chi connectivity index (χ0) is 13.9. The van der Waals surface area contributed by atoms with Crippen LogP contribution < -0.4 is 4.90 Å². The normalized spacial score (nSPS) is 23.4. The van der Waals surface area contributed by atoms with Gasteiger partial charge in [0.05, 0.1) is 6.54 Å². The maximum atomic E-state index is 12.3.